The molecule has 1 unspecified atom stereocenters. The summed E-state index contributed by atoms with van der Waals surface area (Å²) in [5, 5.41) is 8.52. The lowest BCUT2D eigenvalue weighted by molar-refractivity contribution is -0.138. The van der Waals surface area contributed by atoms with Crippen molar-refractivity contribution in [1.82, 2.24) is 0 Å². The first-order chi connectivity index (χ1) is 8.61. The third kappa shape index (κ3) is 8.73. The van der Waals surface area contributed by atoms with Crippen LogP contribution >= 0.6 is 0 Å². The molecule has 4 heteroatoms. The Labute approximate surface area is 109 Å². The normalized spacial score (nSPS) is 11.3. The zero-order valence-corrected chi connectivity index (χ0v) is 11.0. The molecule has 0 amide bonds. The van der Waals surface area contributed by atoms with Gasteiger partial charge in [0.2, 0.25) is 0 Å². The SMILES string of the molecule is CCCCCN.NC(Cc1ccccc1)C(=O)O. The molecule has 4 nitrogen and oxygen atoms in total. The second kappa shape index (κ2) is 10.7. The molecule has 0 heterocycles. The Balaban J connectivity index is 0.000000411. The number of hydrogen-bond donors (Lipinski definition) is 3. The summed E-state index contributed by atoms with van der Waals surface area (Å²) in [6.07, 6.45) is 4.14. The molecule has 1 aromatic rings. The van der Waals surface area contributed by atoms with Crippen LogP contribution in [-0.4, -0.2) is 23.7 Å². The predicted octanol–water partition coefficient (Wildman–Crippen LogP) is 1.78. The van der Waals surface area contributed by atoms with E-state index in [4.69, 9.17) is 16.6 Å². The molecular weight excluding hydrogens is 228 g/mol. The monoisotopic (exact) mass is 252 g/mol. The van der Waals surface area contributed by atoms with Crippen LogP contribution < -0.4 is 11.5 Å². The molecule has 0 aliphatic carbocycles. The van der Waals surface area contributed by atoms with E-state index in [9.17, 15) is 4.79 Å². The van der Waals surface area contributed by atoms with E-state index in [2.05, 4.69) is 6.92 Å². The van der Waals surface area contributed by atoms with Crippen molar-refractivity contribution in [2.24, 2.45) is 11.5 Å². The third-order valence-electron chi connectivity index (χ3n) is 2.42. The van der Waals surface area contributed by atoms with Gasteiger partial charge in [0.05, 0.1) is 0 Å². The highest BCUT2D eigenvalue weighted by Crippen LogP contribution is 2.01. The topological polar surface area (TPSA) is 89.3 Å². The maximum absolute atomic E-state index is 10.4. The molecular formula is C14H24N2O2. The Morgan fingerprint density at radius 2 is 1.89 bits per heavy atom. The maximum Gasteiger partial charge on any atom is 0.320 e. The van der Waals surface area contributed by atoms with Gasteiger partial charge in [0.15, 0.2) is 0 Å². The molecule has 0 spiro atoms. The van der Waals surface area contributed by atoms with Crippen LogP contribution in [-0.2, 0) is 11.2 Å². The minimum atomic E-state index is -0.959. The Bertz CT molecular complexity index is 311. The molecule has 102 valence electrons. The number of unbranched alkanes of at least 4 members (excludes halogenated alkanes) is 2. The fourth-order valence-electron chi connectivity index (χ4n) is 1.35. The largest absolute Gasteiger partial charge is 0.480 e. The van der Waals surface area contributed by atoms with Crippen LogP contribution in [0.2, 0.25) is 0 Å². The van der Waals surface area contributed by atoms with E-state index in [0.717, 1.165) is 12.1 Å². The number of carboxylic acids is 1. The Morgan fingerprint density at radius 3 is 2.28 bits per heavy atom. The van der Waals surface area contributed by atoms with E-state index in [1.807, 2.05) is 30.3 Å². The molecule has 0 radical (unpaired) electrons. The van der Waals surface area contributed by atoms with Crippen molar-refractivity contribution >= 4 is 5.97 Å². The van der Waals surface area contributed by atoms with Crippen molar-refractivity contribution in [3.63, 3.8) is 0 Å². The highest BCUT2D eigenvalue weighted by molar-refractivity contribution is 5.73. The molecule has 0 bridgehead atoms. The first-order valence-corrected chi connectivity index (χ1v) is 6.34. The van der Waals surface area contributed by atoms with Crippen molar-refractivity contribution in [3.05, 3.63) is 35.9 Å². The third-order valence-corrected chi connectivity index (χ3v) is 2.42. The van der Waals surface area contributed by atoms with Gasteiger partial charge in [0.25, 0.3) is 0 Å². The van der Waals surface area contributed by atoms with E-state index < -0.39 is 12.0 Å². The van der Waals surface area contributed by atoms with Crippen molar-refractivity contribution in [2.45, 2.75) is 38.6 Å². The average molecular weight is 252 g/mol. The first-order valence-electron chi connectivity index (χ1n) is 6.34. The molecule has 5 N–H and O–H groups in total. The van der Waals surface area contributed by atoms with E-state index in [1.165, 1.54) is 19.3 Å². The molecule has 0 saturated heterocycles. The highest BCUT2D eigenvalue weighted by Gasteiger charge is 2.10. The van der Waals surface area contributed by atoms with Gasteiger partial charge in [0, 0.05) is 0 Å². The number of hydrogen-bond acceptors (Lipinski definition) is 3. The number of carboxylic acid groups (broad SMARTS) is 1. The zero-order chi connectivity index (χ0) is 13.8. The van der Waals surface area contributed by atoms with Gasteiger partial charge in [-0.05, 0) is 24.9 Å². The van der Waals surface area contributed by atoms with E-state index in [0.29, 0.717) is 6.42 Å². The summed E-state index contributed by atoms with van der Waals surface area (Å²) in [5.41, 5.74) is 11.5. The molecule has 1 aromatic carbocycles. The van der Waals surface area contributed by atoms with Crippen LogP contribution in [0.5, 0.6) is 0 Å². The van der Waals surface area contributed by atoms with Crippen LogP contribution in [0.3, 0.4) is 0 Å². The van der Waals surface area contributed by atoms with Crippen LogP contribution in [0, 0.1) is 0 Å². The van der Waals surface area contributed by atoms with Gasteiger partial charge in [-0.15, -0.1) is 0 Å². The van der Waals surface area contributed by atoms with E-state index in [-0.39, 0.29) is 0 Å². The number of aliphatic carboxylic acids is 1. The molecule has 0 aromatic heterocycles. The summed E-state index contributed by atoms with van der Waals surface area (Å²) in [7, 11) is 0. The van der Waals surface area contributed by atoms with Crippen LogP contribution in [0.1, 0.15) is 31.7 Å². The molecule has 0 saturated carbocycles. The Morgan fingerprint density at radius 1 is 1.28 bits per heavy atom. The quantitative estimate of drug-likeness (QED) is 0.673. The fourth-order valence-corrected chi connectivity index (χ4v) is 1.35. The Kier molecular flexibility index (Phi) is 9.91. The molecule has 1 atom stereocenters. The highest BCUT2D eigenvalue weighted by atomic mass is 16.4. The van der Waals surface area contributed by atoms with Crippen molar-refractivity contribution in [2.75, 3.05) is 6.54 Å². The van der Waals surface area contributed by atoms with Crippen molar-refractivity contribution in [1.29, 1.82) is 0 Å². The summed E-state index contributed by atoms with van der Waals surface area (Å²) in [6, 6.07) is 8.54. The summed E-state index contributed by atoms with van der Waals surface area (Å²) in [4.78, 5) is 10.4. The van der Waals surface area contributed by atoms with Crippen molar-refractivity contribution in [3.8, 4) is 0 Å². The minimum absolute atomic E-state index is 0.385. The predicted molar refractivity (Wildman–Crippen MR) is 74.3 cm³/mol. The Hall–Kier alpha value is -1.39. The average Bonchev–Trinajstić information content (AvgIpc) is 2.38. The van der Waals surface area contributed by atoms with Gasteiger partial charge in [-0.1, -0.05) is 50.1 Å². The molecule has 0 aliphatic rings. The number of benzene rings is 1. The van der Waals surface area contributed by atoms with Crippen LogP contribution in [0.25, 0.3) is 0 Å². The number of carbonyl (C=O) groups is 1. The lowest BCUT2D eigenvalue weighted by atomic mass is 10.1. The summed E-state index contributed by atoms with van der Waals surface area (Å²) < 4.78 is 0. The van der Waals surface area contributed by atoms with Gasteiger partial charge in [-0.2, -0.15) is 0 Å². The molecule has 18 heavy (non-hydrogen) atoms. The second-order valence-corrected chi connectivity index (χ2v) is 4.13. The molecule has 0 fully saturated rings. The summed E-state index contributed by atoms with van der Waals surface area (Å²) in [6.45, 7) is 3.03. The standard InChI is InChI=1S/C9H11NO2.C5H13N/c10-8(9(11)12)6-7-4-2-1-3-5-7;1-2-3-4-5-6/h1-5,8H,6,10H2,(H,11,12);2-6H2,1H3. The van der Waals surface area contributed by atoms with Crippen LogP contribution in [0.15, 0.2) is 30.3 Å². The number of rotatable bonds is 6. The van der Waals surface area contributed by atoms with E-state index >= 15 is 0 Å². The minimum Gasteiger partial charge on any atom is -0.480 e. The van der Waals surface area contributed by atoms with Gasteiger partial charge in [-0.25, -0.2) is 0 Å². The lowest BCUT2D eigenvalue weighted by Gasteiger charge is -2.04. The van der Waals surface area contributed by atoms with Gasteiger partial charge >= 0.3 is 5.97 Å². The van der Waals surface area contributed by atoms with Gasteiger partial charge in [0.1, 0.15) is 6.04 Å². The van der Waals surface area contributed by atoms with Crippen LogP contribution in [0.4, 0.5) is 0 Å². The van der Waals surface area contributed by atoms with Crippen molar-refractivity contribution < 1.29 is 9.90 Å². The maximum atomic E-state index is 10.4. The zero-order valence-electron chi connectivity index (χ0n) is 11.0. The first kappa shape index (κ1) is 16.6. The summed E-state index contributed by atoms with van der Waals surface area (Å²) in [5.74, 6) is -0.959. The molecule has 1 rings (SSSR count). The fraction of sp³-hybridized carbons (Fsp3) is 0.500. The second-order valence-electron chi connectivity index (χ2n) is 4.13. The van der Waals surface area contributed by atoms with Gasteiger partial charge in [-0.3, -0.25) is 4.79 Å². The van der Waals surface area contributed by atoms with E-state index in [1.54, 1.807) is 0 Å². The lowest BCUT2D eigenvalue weighted by Crippen LogP contribution is -2.32. The smallest absolute Gasteiger partial charge is 0.320 e. The summed E-state index contributed by atoms with van der Waals surface area (Å²) >= 11 is 0. The molecule has 0 aliphatic heterocycles. The van der Waals surface area contributed by atoms with Gasteiger partial charge < -0.3 is 16.6 Å². The number of nitrogens with two attached hydrogens (primary N) is 2.